The molecule has 0 aliphatic heterocycles. The summed E-state index contributed by atoms with van der Waals surface area (Å²) in [7, 11) is 0. The molecule has 0 aromatic heterocycles. The van der Waals surface area contributed by atoms with Gasteiger partial charge in [-0.05, 0) is 43.6 Å². The van der Waals surface area contributed by atoms with Gasteiger partial charge in [0.15, 0.2) is 0 Å². The van der Waals surface area contributed by atoms with Crippen molar-refractivity contribution < 1.29 is 4.74 Å². The Balaban J connectivity index is 1.83. The molecule has 1 aliphatic carbocycles. The molecule has 2 nitrogen and oxygen atoms in total. The Labute approximate surface area is 117 Å². The van der Waals surface area contributed by atoms with Crippen LogP contribution in [0.1, 0.15) is 50.3 Å². The van der Waals surface area contributed by atoms with Gasteiger partial charge < -0.3 is 10.5 Å². The molecule has 0 radical (unpaired) electrons. The first-order valence-corrected chi connectivity index (χ1v) is 7.48. The van der Waals surface area contributed by atoms with Crippen LogP contribution >= 0.6 is 0 Å². The molecular formula is C17H27NO. The second kappa shape index (κ2) is 6.53. The van der Waals surface area contributed by atoms with Crippen LogP contribution in [0.2, 0.25) is 0 Å². The van der Waals surface area contributed by atoms with Crippen molar-refractivity contribution in [1.82, 2.24) is 0 Å². The lowest BCUT2D eigenvalue weighted by molar-refractivity contribution is -0.00527. The Hall–Kier alpha value is -0.860. The quantitative estimate of drug-likeness (QED) is 0.894. The average molecular weight is 261 g/mol. The van der Waals surface area contributed by atoms with Crippen molar-refractivity contribution in [2.24, 2.45) is 17.6 Å². The smallest absolute Gasteiger partial charge is 0.0663 e. The summed E-state index contributed by atoms with van der Waals surface area (Å²) in [6, 6.07) is 8.43. The normalized spacial score (nSPS) is 29.2. The zero-order chi connectivity index (χ0) is 13.8. The predicted octanol–water partition coefficient (Wildman–Crippen LogP) is 3.84. The highest BCUT2D eigenvalue weighted by Gasteiger charge is 2.24. The molecule has 0 spiro atoms. The van der Waals surface area contributed by atoms with Gasteiger partial charge in [0.25, 0.3) is 0 Å². The lowest BCUT2D eigenvalue weighted by Gasteiger charge is -2.32. The highest BCUT2D eigenvalue weighted by atomic mass is 16.5. The van der Waals surface area contributed by atoms with E-state index in [-0.39, 0.29) is 6.04 Å². The molecule has 19 heavy (non-hydrogen) atoms. The average Bonchev–Trinajstić information content (AvgIpc) is 2.36. The van der Waals surface area contributed by atoms with Crippen molar-refractivity contribution in [3.05, 3.63) is 35.4 Å². The van der Waals surface area contributed by atoms with Gasteiger partial charge in [-0.1, -0.05) is 43.7 Å². The maximum absolute atomic E-state index is 6.21. The van der Waals surface area contributed by atoms with E-state index in [1.807, 2.05) is 0 Å². The van der Waals surface area contributed by atoms with Crippen molar-refractivity contribution in [2.45, 2.75) is 52.2 Å². The topological polar surface area (TPSA) is 35.2 Å². The molecule has 1 fully saturated rings. The highest BCUT2D eigenvalue weighted by Crippen LogP contribution is 2.30. The lowest BCUT2D eigenvalue weighted by Crippen LogP contribution is -2.29. The molecule has 2 rings (SSSR count). The molecule has 2 heteroatoms. The van der Waals surface area contributed by atoms with Crippen LogP contribution in [0.3, 0.4) is 0 Å². The minimum Gasteiger partial charge on any atom is -0.376 e. The van der Waals surface area contributed by atoms with Gasteiger partial charge in [-0.3, -0.25) is 0 Å². The van der Waals surface area contributed by atoms with E-state index in [0.29, 0.717) is 12.7 Å². The number of rotatable bonds is 4. The molecular weight excluding hydrogens is 234 g/mol. The summed E-state index contributed by atoms with van der Waals surface area (Å²) < 4.78 is 6.05. The Morgan fingerprint density at radius 1 is 1.11 bits per heavy atom. The minimum absolute atomic E-state index is 0.00635. The third-order valence-corrected chi connectivity index (χ3v) is 4.15. The van der Waals surface area contributed by atoms with Crippen molar-refractivity contribution in [1.29, 1.82) is 0 Å². The maximum Gasteiger partial charge on any atom is 0.0663 e. The number of hydrogen-bond acceptors (Lipinski definition) is 2. The summed E-state index contributed by atoms with van der Waals surface area (Å²) in [5.74, 6) is 1.56. The molecule has 0 amide bonds. The van der Waals surface area contributed by atoms with Crippen molar-refractivity contribution >= 4 is 0 Å². The molecule has 1 saturated carbocycles. The van der Waals surface area contributed by atoms with Crippen LogP contribution < -0.4 is 5.73 Å². The summed E-state index contributed by atoms with van der Waals surface area (Å²) in [6.07, 6.45) is 4.11. The predicted molar refractivity (Wildman–Crippen MR) is 80.0 cm³/mol. The standard InChI is InChI=1S/C17H27NO/c1-12-4-6-15(7-5-12)17(18)11-19-16-9-13(2)8-14(3)10-16/h4-7,13-14,16-17H,8-11,18H2,1-3H3. The molecule has 2 N–H and O–H groups in total. The van der Waals surface area contributed by atoms with E-state index in [4.69, 9.17) is 10.5 Å². The van der Waals surface area contributed by atoms with Crippen molar-refractivity contribution in [3.8, 4) is 0 Å². The summed E-state index contributed by atoms with van der Waals surface area (Å²) in [5.41, 5.74) is 8.65. The van der Waals surface area contributed by atoms with Crippen LogP contribution in [0.25, 0.3) is 0 Å². The summed E-state index contributed by atoms with van der Waals surface area (Å²) >= 11 is 0. The second-order valence-electron chi connectivity index (χ2n) is 6.39. The SMILES string of the molecule is Cc1ccc(C(N)COC2CC(C)CC(C)C2)cc1. The van der Waals surface area contributed by atoms with E-state index in [2.05, 4.69) is 45.0 Å². The second-order valence-corrected chi connectivity index (χ2v) is 6.39. The zero-order valence-electron chi connectivity index (χ0n) is 12.4. The van der Waals surface area contributed by atoms with Crippen LogP contribution in [0, 0.1) is 18.8 Å². The van der Waals surface area contributed by atoms with Crippen LogP contribution in [-0.4, -0.2) is 12.7 Å². The third kappa shape index (κ3) is 4.32. The van der Waals surface area contributed by atoms with E-state index in [9.17, 15) is 0 Å². The van der Waals surface area contributed by atoms with E-state index in [1.165, 1.54) is 30.4 Å². The fourth-order valence-electron chi connectivity index (χ4n) is 3.16. The van der Waals surface area contributed by atoms with Crippen LogP contribution in [-0.2, 0) is 4.74 Å². The highest BCUT2D eigenvalue weighted by molar-refractivity contribution is 5.23. The van der Waals surface area contributed by atoms with Gasteiger partial charge in [0.1, 0.15) is 0 Å². The Bertz CT molecular complexity index is 377. The Morgan fingerprint density at radius 3 is 2.26 bits per heavy atom. The van der Waals surface area contributed by atoms with Gasteiger partial charge >= 0.3 is 0 Å². The van der Waals surface area contributed by atoms with Gasteiger partial charge in [-0.2, -0.15) is 0 Å². The number of nitrogens with two attached hydrogens (primary N) is 1. The molecule has 1 aromatic carbocycles. The molecule has 3 unspecified atom stereocenters. The lowest BCUT2D eigenvalue weighted by atomic mass is 9.82. The fraction of sp³-hybridized carbons (Fsp3) is 0.647. The molecule has 1 aromatic rings. The fourth-order valence-corrected chi connectivity index (χ4v) is 3.16. The molecule has 0 heterocycles. The molecule has 106 valence electrons. The number of hydrogen-bond donors (Lipinski definition) is 1. The van der Waals surface area contributed by atoms with Gasteiger partial charge in [-0.25, -0.2) is 0 Å². The van der Waals surface area contributed by atoms with E-state index >= 15 is 0 Å². The Morgan fingerprint density at radius 2 is 1.68 bits per heavy atom. The van der Waals surface area contributed by atoms with Gasteiger partial charge in [-0.15, -0.1) is 0 Å². The summed E-state index contributed by atoms with van der Waals surface area (Å²) in [6.45, 7) is 7.38. The van der Waals surface area contributed by atoms with Crippen molar-refractivity contribution in [3.63, 3.8) is 0 Å². The number of aryl methyl sites for hydroxylation is 1. The zero-order valence-corrected chi connectivity index (χ0v) is 12.4. The van der Waals surface area contributed by atoms with Gasteiger partial charge in [0, 0.05) is 0 Å². The Kier molecular flexibility index (Phi) is 5.00. The largest absolute Gasteiger partial charge is 0.376 e. The first-order chi connectivity index (χ1) is 9.04. The molecule has 1 aliphatic rings. The summed E-state index contributed by atoms with van der Waals surface area (Å²) in [4.78, 5) is 0. The van der Waals surface area contributed by atoms with Crippen LogP contribution in [0.4, 0.5) is 0 Å². The molecule has 0 bridgehead atoms. The minimum atomic E-state index is -0.00635. The number of benzene rings is 1. The summed E-state index contributed by atoms with van der Waals surface area (Å²) in [5, 5.41) is 0. The molecule has 0 saturated heterocycles. The first-order valence-electron chi connectivity index (χ1n) is 7.48. The van der Waals surface area contributed by atoms with Gasteiger partial charge in [0.2, 0.25) is 0 Å². The maximum atomic E-state index is 6.21. The van der Waals surface area contributed by atoms with E-state index in [0.717, 1.165) is 11.8 Å². The first kappa shape index (κ1) is 14.5. The van der Waals surface area contributed by atoms with E-state index in [1.54, 1.807) is 0 Å². The number of ether oxygens (including phenoxy) is 1. The molecule has 3 atom stereocenters. The van der Waals surface area contributed by atoms with Gasteiger partial charge in [0.05, 0.1) is 18.8 Å². The van der Waals surface area contributed by atoms with Crippen molar-refractivity contribution in [2.75, 3.05) is 6.61 Å². The van der Waals surface area contributed by atoms with E-state index < -0.39 is 0 Å². The van der Waals surface area contributed by atoms with Crippen LogP contribution in [0.5, 0.6) is 0 Å². The monoisotopic (exact) mass is 261 g/mol. The third-order valence-electron chi connectivity index (χ3n) is 4.15. The van der Waals surface area contributed by atoms with Crippen LogP contribution in [0.15, 0.2) is 24.3 Å².